The lowest BCUT2D eigenvalue weighted by Gasteiger charge is -2.36. The van der Waals surface area contributed by atoms with Crippen LogP contribution in [-0.4, -0.2) is 17.0 Å². The molecule has 0 unspecified atom stereocenters. The van der Waals surface area contributed by atoms with Gasteiger partial charge in [0, 0.05) is 10.7 Å². The number of hydrogen-bond donors (Lipinski definition) is 1. The molecule has 4 nitrogen and oxygen atoms in total. The molecule has 0 aromatic heterocycles. The molecule has 1 amide bonds. The van der Waals surface area contributed by atoms with Gasteiger partial charge in [0.05, 0.1) is 17.2 Å². The maximum absolute atomic E-state index is 12.9. The molecular formula is C18H14ClNO3. The van der Waals surface area contributed by atoms with Crippen molar-refractivity contribution >= 4 is 29.2 Å². The molecule has 2 aromatic carbocycles. The van der Waals surface area contributed by atoms with E-state index in [2.05, 4.69) is 6.92 Å². The first-order valence-electron chi connectivity index (χ1n) is 7.48. The summed E-state index contributed by atoms with van der Waals surface area (Å²) in [6, 6.07) is 10.5. The van der Waals surface area contributed by atoms with Crippen LogP contribution in [0.5, 0.6) is 0 Å². The number of anilines is 1. The molecular weight excluding hydrogens is 314 g/mol. The van der Waals surface area contributed by atoms with E-state index in [1.807, 2.05) is 18.2 Å². The molecule has 2 aromatic rings. The van der Waals surface area contributed by atoms with Crippen molar-refractivity contribution in [1.82, 2.24) is 0 Å². The van der Waals surface area contributed by atoms with Gasteiger partial charge >= 0.3 is 5.97 Å². The number of nitrogens with zero attached hydrogens (tertiary/aromatic N) is 1. The van der Waals surface area contributed by atoms with Crippen LogP contribution in [-0.2, 0) is 0 Å². The molecule has 0 spiro atoms. The van der Waals surface area contributed by atoms with Crippen LogP contribution in [0, 0.1) is 0 Å². The SMILES string of the molecule is C[C@@H]1C[C@@H]2c3cccc(C(=O)O)c3C(=O)N2c2ccc(Cl)cc21. The van der Waals surface area contributed by atoms with E-state index in [4.69, 9.17) is 11.6 Å². The van der Waals surface area contributed by atoms with Crippen LogP contribution in [0.1, 0.15) is 57.1 Å². The van der Waals surface area contributed by atoms with Gasteiger partial charge in [0.25, 0.3) is 5.91 Å². The standard InChI is InChI=1S/C18H14ClNO3/c1-9-7-15-11-3-2-4-12(18(22)23)16(11)17(21)20(15)14-6-5-10(19)8-13(9)14/h2-6,8-9,15H,7H2,1H3,(H,22,23)/t9-,15-/m1/s1. The van der Waals surface area contributed by atoms with Crippen molar-refractivity contribution in [2.75, 3.05) is 4.90 Å². The third kappa shape index (κ3) is 1.91. The van der Waals surface area contributed by atoms with E-state index >= 15 is 0 Å². The highest BCUT2D eigenvalue weighted by molar-refractivity contribution is 6.30. The lowest BCUT2D eigenvalue weighted by Crippen LogP contribution is -2.33. The minimum Gasteiger partial charge on any atom is -0.478 e. The lowest BCUT2D eigenvalue weighted by atomic mass is 9.85. The molecule has 0 fully saturated rings. The number of fused-ring (bicyclic) bond motifs is 5. The third-order valence-corrected chi connectivity index (χ3v) is 5.02. The van der Waals surface area contributed by atoms with E-state index in [0.29, 0.717) is 10.6 Å². The van der Waals surface area contributed by atoms with Crippen molar-refractivity contribution in [2.24, 2.45) is 0 Å². The van der Waals surface area contributed by atoms with Crippen molar-refractivity contribution in [1.29, 1.82) is 0 Å². The first-order chi connectivity index (χ1) is 11.0. The Kier molecular flexibility index (Phi) is 3.00. The fourth-order valence-electron chi connectivity index (χ4n) is 3.78. The third-order valence-electron chi connectivity index (χ3n) is 4.79. The monoisotopic (exact) mass is 327 g/mol. The maximum atomic E-state index is 12.9. The largest absolute Gasteiger partial charge is 0.478 e. The molecule has 116 valence electrons. The summed E-state index contributed by atoms with van der Waals surface area (Å²) >= 11 is 6.10. The van der Waals surface area contributed by atoms with Gasteiger partial charge in [0.1, 0.15) is 0 Å². The number of benzene rings is 2. The van der Waals surface area contributed by atoms with Crippen LogP contribution in [0.4, 0.5) is 5.69 Å². The molecule has 0 saturated heterocycles. The number of halogens is 1. The van der Waals surface area contributed by atoms with Gasteiger partial charge in [-0.2, -0.15) is 0 Å². The highest BCUT2D eigenvalue weighted by Gasteiger charge is 2.44. The Hall–Kier alpha value is -2.33. The Bertz CT molecular complexity index is 861. The number of aromatic carboxylic acids is 1. The molecule has 2 heterocycles. The zero-order valence-corrected chi connectivity index (χ0v) is 13.2. The molecule has 23 heavy (non-hydrogen) atoms. The van der Waals surface area contributed by atoms with Gasteiger partial charge in [-0.3, -0.25) is 4.79 Å². The summed E-state index contributed by atoms with van der Waals surface area (Å²) in [5.74, 6) is -1.06. The minimum atomic E-state index is -1.07. The van der Waals surface area contributed by atoms with Crippen LogP contribution >= 0.6 is 11.6 Å². The fourth-order valence-corrected chi connectivity index (χ4v) is 3.96. The predicted octanol–water partition coefficient (Wildman–Crippen LogP) is 4.25. The van der Waals surface area contributed by atoms with E-state index in [0.717, 1.165) is 23.2 Å². The summed E-state index contributed by atoms with van der Waals surface area (Å²) in [6.45, 7) is 2.11. The van der Waals surface area contributed by atoms with Crippen molar-refractivity contribution in [3.8, 4) is 0 Å². The van der Waals surface area contributed by atoms with E-state index in [1.54, 1.807) is 17.0 Å². The number of carboxylic acid groups (broad SMARTS) is 1. The Morgan fingerprint density at radius 1 is 1.26 bits per heavy atom. The highest BCUT2D eigenvalue weighted by atomic mass is 35.5. The normalized spacial score (nSPS) is 21.7. The zero-order chi connectivity index (χ0) is 16.3. The number of amides is 1. The number of rotatable bonds is 1. The fraction of sp³-hybridized carbons (Fsp3) is 0.222. The van der Waals surface area contributed by atoms with Crippen LogP contribution in [0.3, 0.4) is 0 Å². The molecule has 0 saturated carbocycles. The Morgan fingerprint density at radius 2 is 2.04 bits per heavy atom. The van der Waals surface area contributed by atoms with Gasteiger partial charge in [0.15, 0.2) is 0 Å². The van der Waals surface area contributed by atoms with Crippen molar-refractivity contribution in [2.45, 2.75) is 25.3 Å². The van der Waals surface area contributed by atoms with Gasteiger partial charge in [-0.15, -0.1) is 0 Å². The summed E-state index contributed by atoms with van der Waals surface area (Å²) in [5, 5.41) is 10.0. The smallest absolute Gasteiger partial charge is 0.336 e. The molecule has 4 rings (SSSR count). The minimum absolute atomic E-state index is 0.0741. The number of hydrogen-bond acceptors (Lipinski definition) is 2. The maximum Gasteiger partial charge on any atom is 0.336 e. The summed E-state index contributed by atoms with van der Waals surface area (Å²) in [5.41, 5.74) is 3.06. The first kappa shape index (κ1) is 14.3. The van der Waals surface area contributed by atoms with Gasteiger partial charge in [-0.25, -0.2) is 4.79 Å². The molecule has 0 bridgehead atoms. The number of carbonyl (C=O) groups excluding carboxylic acids is 1. The molecule has 1 N–H and O–H groups in total. The van der Waals surface area contributed by atoms with Crippen molar-refractivity contribution in [3.63, 3.8) is 0 Å². The highest BCUT2D eigenvalue weighted by Crippen LogP contribution is 2.50. The van der Waals surface area contributed by atoms with Crippen LogP contribution < -0.4 is 4.90 Å². The number of carboxylic acids is 1. The van der Waals surface area contributed by atoms with Crippen LogP contribution in [0.2, 0.25) is 5.02 Å². The van der Waals surface area contributed by atoms with E-state index in [9.17, 15) is 14.7 Å². The second-order valence-electron chi connectivity index (χ2n) is 6.11. The average molecular weight is 328 g/mol. The molecule has 2 aliphatic rings. The molecule has 2 atom stereocenters. The summed E-state index contributed by atoms with van der Waals surface area (Å²) in [4.78, 5) is 26.1. The second kappa shape index (κ2) is 4.83. The molecule has 0 radical (unpaired) electrons. The van der Waals surface area contributed by atoms with Crippen molar-refractivity contribution in [3.05, 3.63) is 63.7 Å². The predicted molar refractivity (Wildman–Crippen MR) is 87.4 cm³/mol. The Labute approximate surface area is 138 Å². The summed E-state index contributed by atoms with van der Waals surface area (Å²) < 4.78 is 0. The van der Waals surface area contributed by atoms with E-state index in [1.165, 1.54) is 6.07 Å². The lowest BCUT2D eigenvalue weighted by molar-refractivity contribution is 0.0692. The average Bonchev–Trinajstić information content (AvgIpc) is 2.81. The Balaban J connectivity index is 1.94. The molecule has 2 aliphatic heterocycles. The summed E-state index contributed by atoms with van der Waals surface area (Å²) in [7, 11) is 0. The van der Waals surface area contributed by atoms with Crippen LogP contribution in [0.25, 0.3) is 0 Å². The van der Waals surface area contributed by atoms with Crippen LogP contribution in [0.15, 0.2) is 36.4 Å². The second-order valence-corrected chi connectivity index (χ2v) is 6.54. The van der Waals surface area contributed by atoms with Crippen molar-refractivity contribution < 1.29 is 14.7 Å². The van der Waals surface area contributed by atoms with E-state index in [-0.39, 0.29) is 23.4 Å². The Morgan fingerprint density at radius 3 is 2.78 bits per heavy atom. The summed E-state index contributed by atoms with van der Waals surface area (Å²) in [6.07, 6.45) is 0.759. The van der Waals surface area contributed by atoms with Gasteiger partial charge < -0.3 is 10.0 Å². The molecule has 5 heteroatoms. The topological polar surface area (TPSA) is 57.6 Å². The zero-order valence-electron chi connectivity index (χ0n) is 12.4. The quantitative estimate of drug-likeness (QED) is 0.852. The molecule has 0 aliphatic carbocycles. The van der Waals surface area contributed by atoms with Gasteiger partial charge in [-0.1, -0.05) is 30.7 Å². The number of carbonyl (C=O) groups is 2. The van der Waals surface area contributed by atoms with E-state index < -0.39 is 5.97 Å². The van der Waals surface area contributed by atoms with Gasteiger partial charge in [0.2, 0.25) is 0 Å². The van der Waals surface area contributed by atoms with Gasteiger partial charge in [-0.05, 0) is 47.7 Å². The first-order valence-corrected chi connectivity index (χ1v) is 7.86.